The number of ether oxygens (including phenoxy) is 2. The lowest BCUT2D eigenvalue weighted by molar-refractivity contribution is 0.0729. The van der Waals surface area contributed by atoms with Crippen molar-refractivity contribution >= 4 is 28.5 Å². The third-order valence-electron chi connectivity index (χ3n) is 6.46. The normalized spacial score (nSPS) is 14.7. The van der Waals surface area contributed by atoms with Gasteiger partial charge < -0.3 is 18.8 Å². The largest absolute Gasteiger partial charge is 0.490 e. The lowest BCUT2D eigenvalue weighted by Gasteiger charge is -2.26. The lowest BCUT2D eigenvalue weighted by atomic mass is 9.97. The fourth-order valence-electron chi connectivity index (χ4n) is 4.76. The molecule has 0 bridgehead atoms. The van der Waals surface area contributed by atoms with Gasteiger partial charge in [0.25, 0.3) is 5.91 Å². The lowest BCUT2D eigenvalue weighted by Crippen LogP contribution is -2.31. The Kier molecular flexibility index (Phi) is 7.19. The number of rotatable bonds is 9. The second-order valence-corrected chi connectivity index (χ2v) is 9.38. The van der Waals surface area contributed by atoms with Crippen LogP contribution in [0.3, 0.4) is 0 Å². The summed E-state index contributed by atoms with van der Waals surface area (Å²) in [6.45, 7) is 5.36. The fourth-order valence-corrected chi connectivity index (χ4v) is 4.93. The van der Waals surface area contributed by atoms with Gasteiger partial charge in [-0.25, -0.2) is 0 Å². The van der Waals surface area contributed by atoms with E-state index >= 15 is 0 Å². The molecule has 0 radical (unpaired) electrons. The molecule has 3 aromatic carbocycles. The molecular weight excluding hydrogens is 490 g/mol. The molecule has 0 spiro atoms. The zero-order chi connectivity index (χ0) is 25.9. The molecule has 190 valence electrons. The standard InChI is InChI=1S/C30H28ClNO5/c1-3-16-36-24-12-10-20(17-25(24)35-4-2)27-26-28(33)22-18-21(31)11-13-23(22)37-29(26)30(34)32(27)15-14-19-8-6-5-7-9-19/h5-13,17-18,27H,3-4,14-16H2,1-2H3. The summed E-state index contributed by atoms with van der Waals surface area (Å²) in [5, 5.41) is 0.777. The Hall–Kier alpha value is -3.77. The van der Waals surface area contributed by atoms with Crippen molar-refractivity contribution in [1.82, 2.24) is 4.90 Å². The molecule has 7 heteroatoms. The van der Waals surface area contributed by atoms with Crippen LogP contribution in [0.15, 0.2) is 75.9 Å². The van der Waals surface area contributed by atoms with E-state index in [0.29, 0.717) is 59.2 Å². The van der Waals surface area contributed by atoms with Crippen LogP contribution >= 0.6 is 11.6 Å². The molecular formula is C30H28ClNO5. The van der Waals surface area contributed by atoms with Crippen molar-refractivity contribution in [1.29, 1.82) is 0 Å². The molecule has 4 aromatic rings. The predicted molar refractivity (Wildman–Crippen MR) is 144 cm³/mol. The second-order valence-electron chi connectivity index (χ2n) is 8.94. The van der Waals surface area contributed by atoms with Gasteiger partial charge in [-0.1, -0.05) is 54.9 Å². The number of hydrogen-bond acceptors (Lipinski definition) is 5. The van der Waals surface area contributed by atoms with Crippen LogP contribution in [0.4, 0.5) is 0 Å². The van der Waals surface area contributed by atoms with Crippen LogP contribution in [0.5, 0.6) is 11.5 Å². The summed E-state index contributed by atoms with van der Waals surface area (Å²) in [4.78, 5) is 29.2. The summed E-state index contributed by atoms with van der Waals surface area (Å²) in [6.07, 6.45) is 1.49. The van der Waals surface area contributed by atoms with Gasteiger partial charge in [-0.15, -0.1) is 0 Å². The third kappa shape index (κ3) is 4.81. The van der Waals surface area contributed by atoms with Crippen LogP contribution in [-0.2, 0) is 6.42 Å². The van der Waals surface area contributed by atoms with Gasteiger partial charge in [-0.2, -0.15) is 0 Å². The monoisotopic (exact) mass is 517 g/mol. The molecule has 0 saturated carbocycles. The summed E-state index contributed by atoms with van der Waals surface area (Å²) in [6, 6.07) is 19.8. The number of fused-ring (bicyclic) bond motifs is 2. The predicted octanol–water partition coefficient (Wildman–Crippen LogP) is 6.42. The molecule has 1 unspecified atom stereocenters. The van der Waals surface area contributed by atoms with Crippen molar-refractivity contribution in [3.63, 3.8) is 0 Å². The highest BCUT2D eigenvalue weighted by molar-refractivity contribution is 6.31. The molecule has 1 aliphatic rings. The minimum atomic E-state index is -0.634. The van der Waals surface area contributed by atoms with E-state index in [2.05, 4.69) is 0 Å². The molecule has 2 heterocycles. The van der Waals surface area contributed by atoms with E-state index in [1.54, 1.807) is 23.1 Å². The molecule has 1 aromatic heterocycles. The molecule has 0 aliphatic carbocycles. The van der Waals surface area contributed by atoms with Gasteiger partial charge in [-0.05, 0) is 61.2 Å². The Morgan fingerprint density at radius 2 is 1.76 bits per heavy atom. The first-order chi connectivity index (χ1) is 18.0. The van der Waals surface area contributed by atoms with Crippen molar-refractivity contribution in [2.75, 3.05) is 19.8 Å². The summed E-state index contributed by atoms with van der Waals surface area (Å²) in [5.41, 5.74) is 2.24. The summed E-state index contributed by atoms with van der Waals surface area (Å²) in [5.74, 6) is 0.965. The number of amides is 1. The van der Waals surface area contributed by atoms with Crippen molar-refractivity contribution in [2.45, 2.75) is 32.7 Å². The van der Waals surface area contributed by atoms with Crippen molar-refractivity contribution in [3.8, 4) is 11.5 Å². The minimum Gasteiger partial charge on any atom is -0.490 e. The maximum absolute atomic E-state index is 13.8. The van der Waals surface area contributed by atoms with E-state index in [9.17, 15) is 9.59 Å². The van der Waals surface area contributed by atoms with E-state index < -0.39 is 6.04 Å². The average molecular weight is 518 g/mol. The van der Waals surface area contributed by atoms with Gasteiger partial charge in [0.2, 0.25) is 5.76 Å². The molecule has 6 nitrogen and oxygen atoms in total. The Morgan fingerprint density at radius 3 is 2.51 bits per heavy atom. The molecule has 5 rings (SSSR count). The quantitative estimate of drug-likeness (QED) is 0.256. The van der Waals surface area contributed by atoms with Crippen molar-refractivity contribution in [3.05, 3.63) is 104 Å². The van der Waals surface area contributed by atoms with Gasteiger partial charge in [0.1, 0.15) is 5.58 Å². The molecule has 0 fully saturated rings. The molecule has 0 saturated heterocycles. The number of benzene rings is 3. The van der Waals surface area contributed by atoms with Crippen molar-refractivity contribution in [2.24, 2.45) is 0 Å². The van der Waals surface area contributed by atoms with E-state index in [-0.39, 0.29) is 17.1 Å². The molecule has 1 atom stereocenters. The van der Waals surface area contributed by atoms with Crippen LogP contribution in [0.2, 0.25) is 5.02 Å². The van der Waals surface area contributed by atoms with Gasteiger partial charge in [0.15, 0.2) is 16.9 Å². The zero-order valence-corrected chi connectivity index (χ0v) is 21.6. The van der Waals surface area contributed by atoms with Crippen LogP contribution in [0.25, 0.3) is 11.0 Å². The first kappa shape index (κ1) is 24.9. The van der Waals surface area contributed by atoms with Crippen LogP contribution in [0.1, 0.15) is 53.6 Å². The molecule has 1 amide bonds. The number of carbonyl (C=O) groups excluding carboxylic acids is 1. The first-order valence-electron chi connectivity index (χ1n) is 12.5. The van der Waals surface area contributed by atoms with E-state index in [1.165, 1.54) is 0 Å². The Morgan fingerprint density at radius 1 is 0.946 bits per heavy atom. The van der Waals surface area contributed by atoms with Crippen molar-refractivity contribution < 1.29 is 18.7 Å². The summed E-state index contributed by atoms with van der Waals surface area (Å²) in [7, 11) is 0. The average Bonchev–Trinajstić information content (AvgIpc) is 3.19. The smallest absolute Gasteiger partial charge is 0.290 e. The Balaban J connectivity index is 1.64. The van der Waals surface area contributed by atoms with E-state index in [4.69, 9.17) is 25.5 Å². The number of carbonyl (C=O) groups is 1. The number of hydrogen-bond donors (Lipinski definition) is 0. The summed E-state index contributed by atoms with van der Waals surface area (Å²) >= 11 is 6.20. The SMILES string of the molecule is CCCOc1ccc(C2c3c(oc4ccc(Cl)cc4c3=O)C(=O)N2CCc2ccccc2)cc1OCC. The maximum Gasteiger partial charge on any atom is 0.290 e. The van der Waals surface area contributed by atoms with Crippen LogP contribution in [-0.4, -0.2) is 30.6 Å². The van der Waals surface area contributed by atoms with Gasteiger partial charge in [0.05, 0.1) is 30.2 Å². The summed E-state index contributed by atoms with van der Waals surface area (Å²) < 4.78 is 17.8. The Labute approximate surface area is 220 Å². The van der Waals surface area contributed by atoms with E-state index in [1.807, 2.05) is 62.4 Å². The molecule has 1 aliphatic heterocycles. The highest BCUT2D eigenvalue weighted by Gasteiger charge is 2.42. The zero-order valence-electron chi connectivity index (χ0n) is 20.8. The third-order valence-corrected chi connectivity index (χ3v) is 6.69. The molecule has 37 heavy (non-hydrogen) atoms. The Bertz CT molecular complexity index is 1500. The second kappa shape index (κ2) is 10.7. The fraction of sp³-hybridized carbons (Fsp3) is 0.267. The minimum absolute atomic E-state index is 0.0714. The number of nitrogens with zero attached hydrogens (tertiary/aromatic N) is 1. The van der Waals surface area contributed by atoms with Crippen LogP contribution in [0, 0.1) is 0 Å². The maximum atomic E-state index is 13.8. The first-order valence-corrected chi connectivity index (χ1v) is 12.9. The highest BCUT2D eigenvalue weighted by Crippen LogP contribution is 2.41. The number of halogens is 1. The van der Waals surface area contributed by atoms with Gasteiger partial charge >= 0.3 is 0 Å². The highest BCUT2D eigenvalue weighted by atomic mass is 35.5. The van der Waals surface area contributed by atoms with Gasteiger partial charge in [0, 0.05) is 11.6 Å². The van der Waals surface area contributed by atoms with Gasteiger partial charge in [-0.3, -0.25) is 9.59 Å². The van der Waals surface area contributed by atoms with E-state index in [0.717, 1.165) is 17.5 Å². The topological polar surface area (TPSA) is 69.0 Å². The molecule has 0 N–H and O–H groups in total. The van der Waals surface area contributed by atoms with Crippen LogP contribution < -0.4 is 14.9 Å².